The van der Waals surface area contributed by atoms with Crippen molar-refractivity contribution < 1.29 is 4.79 Å². The van der Waals surface area contributed by atoms with Crippen molar-refractivity contribution in [1.29, 1.82) is 0 Å². The highest BCUT2D eigenvalue weighted by Gasteiger charge is 2.30. The maximum absolute atomic E-state index is 12.4. The number of anilines is 1. The van der Waals surface area contributed by atoms with E-state index in [0.29, 0.717) is 17.3 Å². The molecule has 0 radical (unpaired) electrons. The van der Waals surface area contributed by atoms with E-state index in [0.717, 1.165) is 13.0 Å². The molecule has 2 unspecified atom stereocenters. The van der Waals surface area contributed by atoms with Gasteiger partial charge in [0.25, 0.3) is 5.91 Å². The summed E-state index contributed by atoms with van der Waals surface area (Å²) < 4.78 is 0. The largest absolute Gasteiger partial charge is 0.397 e. The first kappa shape index (κ1) is 11.9. The second-order valence-corrected chi connectivity index (χ2v) is 4.80. The van der Waals surface area contributed by atoms with Gasteiger partial charge in [-0.2, -0.15) is 0 Å². The number of amides is 1. The predicted molar refractivity (Wildman–Crippen MR) is 67.5 cm³/mol. The summed E-state index contributed by atoms with van der Waals surface area (Å²) in [7, 11) is 0. The van der Waals surface area contributed by atoms with Crippen LogP contribution in [-0.4, -0.2) is 28.4 Å². The maximum Gasteiger partial charge on any atom is 0.274 e. The van der Waals surface area contributed by atoms with Crippen LogP contribution in [0.2, 0.25) is 0 Å². The Bertz CT molecular complexity index is 419. The van der Waals surface area contributed by atoms with Crippen molar-refractivity contribution in [2.24, 2.45) is 5.92 Å². The van der Waals surface area contributed by atoms with Crippen LogP contribution < -0.4 is 5.73 Å². The minimum atomic E-state index is -0.0397. The number of nitrogens with zero attached hydrogens (tertiary/aromatic N) is 2. The second kappa shape index (κ2) is 4.73. The molecule has 1 aromatic heterocycles. The van der Waals surface area contributed by atoms with E-state index in [1.807, 2.05) is 4.90 Å². The first-order valence-electron chi connectivity index (χ1n) is 6.12. The van der Waals surface area contributed by atoms with Crippen LogP contribution in [0.3, 0.4) is 0 Å². The predicted octanol–water partition coefficient (Wildman–Crippen LogP) is 1.92. The van der Waals surface area contributed by atoms with Gasteiger partial charge in [-0.15, -0.1) is 0 Å². The average molecular weight is 233 g/mol. The van der Waals surface area contributed by atoms with Gasteiger partial charge in [0, 0.05) is 18.8 Å². The molecule has 1 aromatic rings. The molecule has 2 heterocycles. The third-order valence-electron chi connectivity index (χ3n) is 3.68. The molecule has 4 heteroatoms. The number of nitrogen functional groups attached to an aromatic ring is 1. The van der Waals surface area contributed by atoms with Gasteiger partial charge in [-0.1, -0.05) is 6.92 Å². The van der Waals surface area contributed by atoms with Gasteiger partial charge in [-0.25, -0.2) is 4.98 Å². The summed E-state index contributed by atoms with van der Waals surface area (Å²) in [6.07, 6.45) is 3.86. The lowest BCUT2D eigenvalue weighted by molar-refractivity contribution is 0.0546. The molecule has 1 aliphatic heterocycles. The second-order valence-electron chi connectivity index (χ2n) is 4.80. The van der Waals surface area contributed by atoms with E-state index in [9.17, 15) is 4.79 Å². The van der Waals surface area contributed by atoms with Crippen LogP contribution in [0, 0.1) is 5.92 Å². The fourth-order valence-corrected chi connectivity index (χ4v) is 2.35. The molecule has 0 bridgehead atoms. The number of carbonyl (C=O) groups excluding carboxylic acids is 1. The summed E-state index contributed by atoms with van der Waals surface area (Å²) in [5.74, 6) is 0.500. The molecule has 0 aliphatic carbocycles. The first-order valence-corrected chi connectivity index (χ1v) is 6.12. The highest BCUT2D eigenvalue weighted by atomic mass is 16.2. The standard InChI is InChI=1S/C13H19N3O/c1-9-5-4-8-16(10(9)2)13(17)12-11(14)6-3-7-15-12/h3,6-7,9-10H,4-5,8,14H2,1-2H3. The molecule has 4 nitrogen and oxygen atoms in total. The Hall–Kier alpha value is -1.58. The van der Waals surface area contributed by atoms with Crippen LogP contribution >= 0.6 is 0 Å². The summed E-state index contributed by atoms with van der Waals surface area (Å²) in [6, 6.07) is 3.73. The topological polar surface area (TPSA) is 59.2 Å². The number of rotatable bonds is 1. The number of hydrogen-bond donors (Lipinski definition) is 1. The molecule has 2 atom stereocenters. The zero-order valence-corrected chi connectivity index (χ0v) is 10.4. The lowest BCUT2D eigenvalue weighted by Gasteiger charge is -2.37. The number of likely N-dealkylation sites (tertiary alicyclic amines) is 1. The highest BCUT2D eigenvalue weighted by molar-refractivity contribution is 5.97. The fraction of sp³-hybridized carbons (Fsp3) is 0.538. The SMILES string of the molecule is CC1CCCN(C(=O)c2ncccc2N)C1C. The fourth-order valence-electron chi connectivity index (χ4n) is 2.35. The van der Waals surface area contributed by atoms with Gasteiger partial charge >= 0.3 is 0 Å². The first-order chi connectivity index (χ1) is 8.11. The third kappa shape index (κ3) is 2.25. The van der Waals surface area contributed by atoms with E-state index in [-0.39, 0.29) is 11.9 Å². The third-order valence-corrected chi connectivity index (χ3v) is 3.68. The molecule has 1 amide bonds. The van der Waals surface area contributed by atoms with Crippen LogP contribution in [-0.2, 0) is 0 Å². The van der Waals surface area contributed by atoms with Crippen LogP contribution in [0.4, 0.5) is 5.69 Å². The van der Waals surface area contributed by atoms with Crippen molar-refractivity contribution in [2.45, 2.75) is 32.7 Å². The molecular weight excluding hydrogens is 214 g/mol. The average Bonchev–Trinajstić information content (AvgIpc) is 2.32. The molecule has 0 saturated carbocycles. The summed E-state index contributed by atoms with van der Waals surface area (Å²) in [5.41, 5.74) is 6.64. The summed E-state index contributed by atoms with van der Waals surface area (Å²) >= 11 is 0. The zero-order valence-electron chi connectivity index (χ0n) is 10.4. The van der Waals surface area contributed by atoms with Gasteiger partial charge in [0.15, 0.2) is 5.69 Å². The quantitative estimate of drug-likeness (QED) is 0.806. The molecule has 2 N–H and O–H groups in total. The van der Waals surface area contributed by atoms with E-state index < -0.39 is 0 Å². The molecular formula is C13H19N3O. The zero-order chi connectivity index (χ0) is 12.4. The van der Waals surface area contributed by atoms with Crippen molar-refractivity contribution >= 4 is 11.6 Å². The Morgan fingerprint density at radius 3 is 3.00 bits per heavy atom. The molecule has 17 heavy (non-hydrogen) atoms. The van der Waals surface area contributed by atoms with E-state index in [2.05, 4.69) is 18.8 Å². The molecule has 0 aromatic carbocycles. The van der Waals surface area contributed by atoms with Crippen molar-refractivity contribution in [3.8, 4) is 0 Å². The van der Waals surface area contributed by atoms with E-state index in [4.69, 9.17) is 5.73 Å². The number of nitrogens with two attached hydrogens (primary N) is 1. The van der Waals surface area contributed by atoms with Crippen molar-refractivity contribution in [2.75, 3.05) is 12.3 Å². The number of pyridine rings is 1. The molecule has 1 saturated heterocycles. The molecule has 1 aliphatic rings. The Morgan fingerprint density at radius 2 is 2.29 bits per heavy atom. The van der Waals surface area contributed by atoms with Crippen LogP contribution in [0.1, 0.15) is 37.2 Å². The van der Waals surface area contributed by atoms with Gasteiger partial charge in [-0.3, -0.25) is 4.79 Å². The minimum absolute atomic E-state index is 0.0397. The van der Waals surface area contributed by atoms with Crippen molar-refractivity contribution in [3.63, 3.8) is 0 Å². The van der Waals surface area contributed by atoms with Crippen LogP contribution in [0.25, 0.3) is 0 Å². The van der Waals surface area contributed by atoms with Gasteiger partial charge < -0.3 is 10.6 Å². The Labute approximate surface area is 102 Å². The molecule has 1 fully saturated rings. The number of carbonyl (C=O) groups is 1. The summed E-state index contributed by atoms with van der Waals surface area (Å²) in [6.45, 7) is 5.09. The Kier molecular flexibility index (Phi) is 3.31. The minimum Gasteiger partial charge on any atom is -0.397 e. The number of hydrogen-bond acceptors (Lipinski definition) is 3. The van der Waals surface area contributed by atoms with Crippen LogP contribution in [0.5, 0.6) is 0 Å². The smallest absolute Gasteiger partial charge is 0.274 e. The normalized spacial score (nSPS) is 24.7. The lowest BCUT2D eigenvalue weighted by atomic mass is 9.92. The van der Waals surface area contributed by atoms with Gasteiger partial charge in [0.05, 0.1) is 5.69 Å². The summed E-state index contributed by atoms with van der Waals surface area (Å²) in [4.78, 5) is 18.4. The monoisotopic (exact) mass is 233 g/mol. The van der Waals surface area contributed by atoms with E-state index in [1.165, 1.54) is 6.42 Å². The number of piperidine rings is 1. The Balaban J connectivity index is 2.23. The molecule has 2 rings (SSSR count). The van der Waals surface area contributed by atoms with Gasteiger partial charge in [-0.05, 0) is 37.8 Å². The van der Waals surface area contributed by atoms with E-state index >= 15 is 0 Å². The van der Waals surface area contributed by atoms with Crippen molar-refractivity contribution in [3.05, 3.63) is 24.0 Å². The van der Waals surface area contributed by atoms with Gasteiger partial charge in [0.2, 0.25) is 0 Å². The molecule has 92 valence electrons. The van der Waals surface area contributed by atoms with Gasteiger partial charge in [0.1, 0.15) is 0 Å². The van der Waals surface area contributed by atoms with Crippen molar-refractivity contribution in [1.82, 2.24) is 9.88 Å². The summed E-state index contributed by atoms with van der Waals surface area (Å²) in [5, 5.41) is 0. The van der Waals surface area contributed by atoms with E-state index in [1.54, 1.807) is 18.3 Å². The molecule has 0 spiro atoms. The van der Waals surface area contributed by atoms with Crippen LogP contribution in [0.15, 0.2) is 18.3 Å². The highest BCUT2D eigenvalue weighted by Crippen LogP contribution is 2.25. The Morgan fingerprint density at radius 1 is 1.53 bits per heavy atom. The number of aromatic nitrogens is 1. The maximum atomic E-state index is 12.4. The lowest BCUT2D eigenvalue weighted by Crippen LogP contribution is -2.46.